The Morgan fingerprint density at radius 1 is 1.62 bits per heavy atom. The van der Waals surface area contributed by atoms with Crippen molar-refractivity contribution >= 4 is 5.91 Å². The van der Waals surface area contributed by atoms with Gasteiger partial charge in [-0.15, -0.1) is 0 Å². The Hall–Kier alpha value is -0.570. The van der Waals surface area contributed by atoms with Gasteiger partial charge in [0.25, 0.3) is 0 Å². The summed E-state index contributed by atoms with van der Waals surface area (Å²) in [5.74, 6) is 0.885. The molecule has 0 aromatic carbocycles. The van der Waals surface area contributed by atoms with Crippen LogP contribution in [-0.4, -0.2) is 23.7 Å². The van der Waals surface area contributed by atoms with Gasteiger partial charge in [0.15, 0.2) is 0 Å². The van der Waals surface area contributed by atoms with Crippen LogP contribution < -0.4 is 5.32 Å². The average molecular weight is 225 g/mol. The summed E-state index contributed by atoms with van der Waals surface area (Å²) in [6, 6.07) is 0.332. The number of hydrogen-bond acceptors (Lipinski definition) is 2. The normalized spacial score (nSPS) is 37.9. The lowest BCUT2D eigenvalue weighted by Gasteiger charge is -2.17. The Bertz CT molecular complexity index is 279. The smallest absolute Gasteiger partial charge is 0.223 e. The fraction of sp³-hybridized carbons (Fsp3) is 0.923. The van der Waals surface area contributed by atoms with Gasteiger partial charge in [0.2, 0.25) is 5.91 Å². The number of rotatable bonds is 5. The summed E-state index contributed by atoms with van der Waals surface area (Å²) in [4.78, 5) is 11.9. The molecule has 3 heteroatoms. The minimum atomic E-state index is 0.132. The monoisotopic (exact) mass is 225 g/mol. The predicted molar refractivity (Wildman–Crippen MR) is 62.9 cm³/mol. The number of carbonyl (C=O) groups is 1. The molecule has 2 aliphatic rings. The molecule has 4 unspecified atom stereocenters. The second kappa shape index (κ2) is 4.36. The van der Waals surface area contributed by atoms with Gasteiger partial charge in [-0.1, -0.05) is 20.3 Å². The first-order valence-electron chi connectivity index (χ1n) is 6.54. The third kappa shape index (κ3) is 1.97. The largest absolute Gasteiger partial charge is 0.396 e. The van der Waals surface area contributed by atoms with Crippen LogP contribution in [0.2, 0.25) is 0 Å². The maximum atomic E-state index is 11.9. The molecule has 16 heavy (non-hydrogen) atoms. The van der Waals surface area contributed by atoms with E-state index in [1.807, 2.05) is 6.92 Å². The van der Waals surface area contributed by atoms with Crippen LogP contribution in [-0.2, 0) is 4.79 Å². The quantitative estimate of drug-likeness (QED) is 0.748. The highest BCUT2D eigenvalue weighted by Gasteiger charge is 2.61. The Labute approximate surface area is 97.6 Å². The van der Waals surface area contributed by atoms with Gasteiger partial charge in [-0.3, -0.25) is 4.79 Å². The number of hydrogen-bond donors (Lipinski definition) is 2. The van der Waals surface area contributed by atoms with E-state index in [4.69, 9.17) is 0 Å². The Morgan fingerprint density at radius 2 is 2.38 bits per heavy atom. The van der Waals surface area contributed by atoms with E-state index in [2.05, 4.69) is 12.2 Å². The van der Waals surface area contributed by atoms with Crippen molar-refractivity contribution in [3.63, 3.8) is 0 Å². The molecule has 0 aromatic rings. The SMILES string of the molecule is CCCC(C)C(=O)NC1CCC2(CO)CC12. The second-order valence-corrected chi connectivity index (χ2v) is 5.67. The third-order valence-corrected chi connectivity index (χ3v) is 4.50. The lowest BCUT2D eigenvalue weighted by atomic mass is 10.0. The van der Waals surface area contributed by atoms with E-state index < -0.39 is 0 Å². The highest BCUT2D eigenvalue weighted by molar-refractivity contribution is 5.78. The maximum Gasteiger partial charge on any atom is 0.223 e. The zero-order valence-electron chi connectivity index (χ0n) is 10.3. The molecule has 2 saturated carbocycles. The van der Waals surface area contributed by atoms with Gasteiger partial charge < -0.3 is 10.4 Å². The summed E-state index contributed by atoms with van der Waals surface area (Å²) in [7, 11) is 0. The Balaban J connectivity index is 1.81. The molecule has 0 aromatic heterocycles. The third-order valence-electron chi connectivity index (χ3n) is 4.50. The first kappa shape index (κ1) is 11.9. The van der Waals surface area contributed by atoms with Crippen molar-refractivity contribution in [2.75, 3.05) is 6.61 Å². The number of aliphatic hydroxyl groups is 1. The van der Waals surface area contributed by atoms with Crippen LogP contribution >= 0.6 is 0 Å². The standard InChI is InChI=1S/C13H23NO2/c1-3-4-9(2)12(16)14-11-5-6-13(8-15)7-10(11)13/h9-11,15H,3-8H2,1-2H3,(H,14,16). The molecule has 0 bridgehead atoms. The molecule has 0 radical (unpaired) electrons. The van der Waals surface area contributed by atoms with Crippen LogP contribution in [0.5, 0.6) is 0 Å². The van der Waals surface area contributed by atoms with Gasteiger partial charge in [-0.2, -0.15) is 0 Å². The van der Waals surface area contributed by atoms with E-state index in [-0.39, 0.29) is 17.2 Å². The van der Waals surface area contributed by atoms with Crippen LogP contribution in [0.25, 0.3) is 0 Å². The van der Waals surface area contributed by atoms with Crippen LogP contribution in [0.1, 0.15) is 46.0 Å². The van der Waals surface area contributed by atoms with Gasteiger partial charge in [0.05, 0.1) is 0 Å². The predicted octanol–water partition coefficient (Wildman–Crippen LogP) is 1.70. The zero-order chi connectivity index (χ0) is 11.8. The molecular weight excluding hydrogens is 202 g/mol. The lowest BCUT2D eigenvalue weighted by Crippen LogP contribution is -2.38. The van der Waals surface area contributed by atoms with Crippen LogP contribution in [0.15, 0.2) is 0 Å². The van der Waals surface area contributed by atoms with Crippen molar-refractivity contribution in [3.8, 4) is 0 Å². The van der Waals surface area contributed by atoms with Gasteiger partial charge in [0.1, 0.15) is 0 Å². The summed E-state index contributed by atoms with van der Waals surface area (Å²) in [5, 5.41) is 12.5. The first-order valence-corrected chi connectivity index (χ1v) is 6.54. The van der Waals surface area contributed by atoms with E-state index >= 15 is 0 Å². The molecule has 0 spiro atoms. The maximum absolute atomic E-state index is 11.9. The molecular formula is C13H23NO2. The number of fused-ring (bicyclic) bond motifs is 1. The summed E-state index contributed by atoms with van der Waals surface area (Å²) < 4.78 is 0. The average Bonchev–Trinajstić information content (AvgIpc) is 2.91. The van der Waals surface area contributed by atoms with Crippen molar-refractivity contribution in [1.82, 2.24) is 5.32 Å². The topological polar surface area (TPSA) is 49.3 Å². The van der Waals surface area contributed by atoms with Crippen LogP contribution in [0.4, 0.5) is 0 Å². The minimum Gasteiger partial charge on any atom is -0.396 e. The van der Waals surface area contributed by atoms with Gasteiger partial charge in [-0.25, -0.2) is 0 Å². The molecule has 92 valence electrons. The van der Waals surface area contributed by atoms with E-state index in [0.717, 1.165) is 32.1 Å². The van der Waals surface area contributed by atoms with Crippen molar-refractivity contribution in [2.45, 2.75) is 52.0 Å². The molecule has 3 nitrogen and oxygen atoms in total. The summed E-state index contributed by atoms with van der Waals surface area (Å²) >= 11 is 0. The highest BCUT2D eigenvalue weighted by Crippen LogP contribution is 2.63. The fourth-order valence-corrected chi connectivity index (χ4v) is 3.20. The molecule has 1 amide bonds. The second-order valence-electron chi connectivity index (χ2n) is 5.67. The number of amides is 1. The molecule has 0 aliphatic heterocycles. The van der Waals surface area contributed by atoms with Gasteiger partial charge in [-0.05, 0) is 37.0 Å². The summed E-state index contributed by atoms with van der Waals surface area (Å²) in [6.07, 6.45) is 5.27. The molecule has 2 fully saturated rings. The van der Waals surface area contributed by atoms with Gasteiger partial charge in [0, 0.05) is 18.6 Å². The number of nitrogens with one attached hydrogen (secondary N) is 1. The van der Waals surface area contributed by atoms with E-state index in [0.29, 0.717) is 18.6 Å². The minimum absolute atomic E-state index is 0.132. The lowest BCUT2D eigenvalue weighted by molar-refractivity contribution is -0.125. The van der Waals surface area contributed by atoms with Crippen molar-refractivity contribution in [1.29, 1.82) is 0 Å². The fourth-order valence-electron chi connectivity index (χ4n) is 3.20. The van der Waals surface area contributed by atoms with Crippen molar-refractivity contribution < 1.29 is 9.90 Å². The molecule has 4 atom stereocenters. The molecule has 0 heterocycles. The van der Waals surface area contributed by atoms with E-state index in [9.17, 15) is 9.90 Å². The van der Waals surface area contributed by atoms with E-state index in [1.54, 1.807) is 0 Å². The molecule has 2 rings (SSSR count). The van der Waals surface area contributed by atoms with Crippen molar-refractivity contribution in [2.24, 2.45) is 17.3 Å². The molecule has 2 aliphatic carbocycles. The van der Waals surface area contributed by atoms with E-state index in [1.165, 1.54) is 0 Å². The van der Waals surface area contributed by atoms with Gasteiger partial charge >= 0.3 is 0 Å². The van der Waals surface area contributed by atoms with Crippen LogP contribution in [0, 0.1) is 17.3 Å². The Kier molecular flexibility index (Phi) is 3.24. The number of carbonyl (C=O) groups excluding carboxylic acids is 1. The summed E-state index contributed by atoms with van der Waals surface area (Å²) in [5.41, 5.74) is 0.186. The Morgan fingerprint density at radius 3 is 2.88 bits per heavy atom. The molecule has 2 N–H and O–H groups in total. The highest BCUT2D eigenvalue weighted by atomic mass is 16.3. The van der Waals surface area contributed by atoms with Crippen LogP contribution in [0.3, 0.4) is 0 Å². The summed E-state index contributed by atoms with van der Waals surface area (Å²) in [6.45, 7) is 4.41. The zero-order valence-corrected chi connectivity index (χ0v) is 10.3. The number of aliphatic hydroxyl groups excluding tert-OH is 1. The van der Waals surface area contributed by atoms with Crippen molar-refractivity contribution in [3.05, 3.63) is 0 Å². The molecule has 0 saturated heterocycles. The first-order chi connectivity index (χ1) is 7.63.